The molecule has 2 aliphatic rings. The molecule has 0 N–H and O–H groups in total. The van der Waals surface area contributed by atoms with E-state index in [-0.39, 0.29) is 0 Å². The highest BCUT2D eigenvalue weighted by Crippen LogP contribution is 2.45. The van der Waals surface area contributed by atoms with Crippen LogP contribution in [-0.4, -0.2) is 9.13 Å². The van der Waals surface area contributed by atoms with Gasteiger partial charge in [-0.3, -0.25) is 0 Å². The molecule has 1 atom stereocenters. The normalized spacial score (nSPS) is 15.7. The first-order valence-electron chi connectivity index (χ1n) is 18.5. The van der Waals surface area contributed by atoms with Gasteiger partial charge in [-0.25, -0.2) is 0 Å². The summed E-state index contributed by atoms with van der Waals surface area (Å²) in [5, 5.41) is 10.3. The first kappa shape index (κ1) is 29.2. The second-order valence-electron chi connectivity index (χ2n) is 14.4. The molecule has 0 saturated carbocycles. The first-order valence-corrected chi connectivity index (χ1v) is 19.3. The van der Waals surface area contributed by atoms with E-state index in [0.29, 0.717) is 5.92 Å². The van der Waals surface area contributed by atoms with Crippen LogP contribution in [0, 0.1) is 5.92 Å². The quantitative estimate of drug-likeness (QED) is 0.174. The van der Waals surface area contributed by atoms with E-state index >= 15 is 0 Å². The molecule has 0 amide bonds. The average Bonchev–Trinajstić information content (AvgIpc) is 3.88. The van der Waals surface area contributed by atoms with Gasteiger partial charge in [-0.15, -0.1) is 11.3 Å². The molecule has 3 heteroatoms. The maximum Gasteiger partial charge on any atom is 0.0720 e. The van der Waals surface area contributed by atoms with Crippen LogP contribution in [0.2, 0.25) is 0 Å². The summed E-state index contributed by atoms with van der Waals surface area (Å²) >= 11 is 1.91. The third-order valence-electron chi connectivity index (χ3n) is 11.6. The lowest BCUT2D eigenvalue weighted by molar-refractivity contribution is 0.776. The van der Waals surface area contributed by atoms with Crippen LogP contribution in [0.4, 0.5) is 0 Å². The minimum absolute atomic E-state index is 0.423. The molecule has 53 heavy (non-hydrogen) atoms. The van der Waals surface area contributed by atoms with Crippen LogP contribution in [0.5, 0.6) is 0 Å². The van der Waals surface area contributed by atoms with Crippen LogP contribution in [0.15, 0.2) is 182 Å². The van der Waals surface area contributed by atoms with Crippen molar-refractivity contribution < 1.29 is 0 Å². The number of fused-ring (bicyclic) bond motifs is 12. The van der Waals surface area contributed by atoms with Gasteiger partial charge in [0, 0.05) is 54.0 Å². The summed E-state index contributed by atoms with van der Waals surface area (Å²) in [6.07, 6.45) is 14.7. The maximum absolute atomic E-state index is 2.53. The number of hydrogen-bond acceptors (Lipinski definition) is 1. The second kappa shape index (κ2) is 11.0. The van der Waals surface area contributed by atoms with Crippen molar-refractivity contribution in [3.05, 3.63) is 182 Å². The zero-order valence-electron chi connectivity index (χ0n) is 28.8. The zero-order valence-corrected chi connectivity index (χ0v) is 29.6. The Bertz CT molecular complexity index is 3310. The second-order valence-corrected chi connectivity index (χ2v) is 15.5. The molecule has 0 bridgehead atoms. The summed E-state index contributed by atoms with van der Waals surface area (Å²) in [6, 6.07) is 52.0. The lowest BCUT2D eigenvalue weighted by Gasteiger charge is -2.24. The van der Waals surface area contributed by atoms with Crippen molar-refractivity contribution in [2.24, 2.45) is 5.92 Å². The third kappa shape index (κ3) is 4.14. The fourth-order valence-corrected chi connectivity index (χ4v) is 10.5. The average molecular weight is 693 g/mol. The number of benzene rings is 7. The highest BCUT2D eigenvalue weighted by Gasteiger charge is 2.23. The summed E-state index contributed by atoms with van der Waals surface area (Å²) in [5.41, 5.74) is 11.3. The first-order chi connectivity index (χ1) is 26.3. The molecule has 12 rings (SSSR count). The Kier molecular flexibility index (Phi) is 6.08. The van der Waals surface area contributed by atoms with Crippen LogP contribution in [0.1, 0.15) is 6.42 Å². The van der Waals surface area contributed by atoms with E-state index in [1.165, 1.54) is 103 Å². The molecule has 0 aliphatic heterocycles. The summed E-state index contributed by atoms with van der Waals surface area (Å²) in [5.74, 6) is 0.423. The van der Waals surface area contributed by atoms with E-state index in [9.17, 15) is 0 Å². The number of thiophene rings is 1. The SMILES string of the molecule is C1=CC2=C(n3c4ccccc4c4cc(-c5ccc6c(c5)c5ccc7c8ccccc8sc7c5n6-c5cccc6ccccc56)ccc43)C=CCC2C=C1. The van der Waals surface area contributed by atoms with E-state index in [0.717, 1.165) is 6.42 Å². The molecule has 0 saturated heterocycles. The number of hydrogen-bond donors (Lipinski definition) is 0. The molecular formula is C50H32N2S. The van der Waals surface area contributed by atoms with Gasteiger partial charge in [0.1, 0.15) is 0 Å². The predicted molar refractivity (Wildman–Crippen MR) is 228 cm³/mol. The number of rotatable bonds is 3. The van der Waals surface area contributed by atoms with Crippen LogP contribution in [0.25, 0.3) is 97.1 Å². The molecule has 7 aromatic carbocycles. The highest BCUT2D eigenvalue weighted by molar-refractivity contribution is 7.26. The summed E-state index contributed by atoms with van der Waals surface area (Å²) in [4.78, 5) is 0. The molecule has 0 radical (unpaired) electrons. The van der Waals surface area contributed by atoms with Crippen molar-refractivity contribution in [1.29, 1.82) is 0 Å². The van der Waals surface area contributed by atoms with Crippen molar-refractivity contribution in [1.82, 2.24) is 9.13 Å². The van der Waals surface area contributed by atoms with Gasteiger partial charge in [0.25, 0.3) is 0 Å². The fraction of sp³-hybridized carbons (Fsp3) is 0.0400. The van der Waals surface area contributed by atoms with Gasteiger partial charge < -0.3 is 9.13 Å². The Morgan fingerprint density at radius 1 is 0.509 bits per heavy atom. The topological polar surface area (TPSA) is 9.86 Å². The Labute approximate surface area is 310 Å². The van der Waals surface area contributed by atoms with Gasteiger partial charge in [0.05, 0.1) is 32.5 Å². The molecule has 3 heterocycles. The van der Waals surface area contributed by atoms with Gasteiger partial charge in [0.2, 0.25) is 0 Å². The van der Waals surface area contributed by atoms with Gasteiger partial charge in [-0.1, -0.05) is 127 Å². The number of aromatic nitrogens is 2. The van der Waals surface area contributed by atoms with Crippen molar-refractivity contribution >= 4 is 91.6 Å². The van der Waals surface area contributed by atoms with Crippen molar-refractivity contribution in [3.8, 4) is 16.8 Å². The Balaban J connectivity index is 1.12. The lowest BCUT2D eigenvalue weighted by Crippen LogP contribution is -2.10. The van der Waals surface area contributed by atoms with Crippen molar-refractivity contribution in [3.63, 3.8) is 0 Å². The standard InChI is InChI=1S/C50H32N2S/c1-3-15-35-31(11-1)13-9-20-43(35)51-45-19-7-5-17-37(45)41-29-33(23-27-46(41)51)34-24-28-47-42(30-34)39-25-26-40-38-18-6-8-22-48(38)53-50(40)49(39)52(47)44-21-10-14-32-12-2-4-16-36(32)44/h1-12,14-31H,13H2. The largest absolute Gasteiger partial charge is 0.309 e. The monoisotopic (exact) mass is 692 g/mol. The molecule has 248 valence electrons. The van der Waals surface area contributed by atoms with Crippen molar-refractivity contribution in [2.75, 3.05) is 0 Å². The molecule has 1 unspecified atom stereocenters. The van der Waals surface area contributed by atoms with Gasteiger partial charge in [0.15, 0.2) is 0 Å². The smallest absolute Gasteiger partial charge is 0.0720 e. The molecule has 10 aromatic rings. The summed E-state index contributed by atoms with van der Waals surface area (Å²) < 4.78 is 7.67. The number of nitrogens with zero attached hydrogens (tertiary/aromatic N) is 2. The molecule has 3 aromatic heterocycles. The zero-order chi connectivity index (χ0) is 34.6. The predicted octanol–water partition coefficient (Wildman–Crippen LogP) is 14.0. The molecule has 0 fully saturated rings. The minimum atomic E-state index is 0.423. The van der Waals surface area contributed by atoms with E-state index < -0.39 is 0 Å². The van der Waals surface area contributed by atoms with Gasteiger partial charge >= 0.3 is 0 Å². The number of allylic oxidation sites excluding steroid dienone is 8. The van der Waals surface area contributed by atoms with E-state index in [4.69, 9.17) is 0 Å². The Hall–Kier alpha value is -6.42. The fourth-order valence-electron chi connectivity index (χ4n) is 9.22. The van der Waals surface area contributed by atoms with E-state index in [1.54, 1.807) is 0 Å². The summed E-state index contributed by atoms with van der Waals surface area (Å²) in [7, 11) is 0. The van der Waals surface area contributed by atoms with E-state index in [2.05, 4.69) is 185 Å². The van der Waals surface area contributed by atoms with Crippen LogP contribution in [0.3, 0.4) is 0 Å². The third-order valence-corrected chi connectivity index (χ3v) is 12.8. The number of para-hydroxylation sites is 1. The summed E-state index contributed by atoms with van der Waals surface area (Å²) in [6.45, 7) is 0. The van der Waals surface area contributed by atoms with Crippen molar-refractivity contribution in [2.45, 2.75) is 6.42 Å². The Morgan fingerprint density at radius 2 is 1.21 bits per heavy atom. The van der Waals surface area contributed by atoms with Crippen LogP contribution >= 0.6 is 11.3 Å². The molecular weight excluding hydrogens is 661 g/mol. The Morgan fingerprint density at radius 3 is 2.09 bits per heavy atom. The highest BCUT2D eigenvalue weighted by atomic mass is 32.1. The molecule has 2 aliphatic carbocycles. The maximum atomic E-state index is 2.53. The van der Waals surface area contributed by atoms with Crippen LogP contribution in [-0.2, 0) is 0 Å². The minimum Gasteiger partial charge on any atom is -0.309 e. The molecule has 2 nitrogen and oxygen atoms in total. The molecule has 0 spiro atoms. The van der Waals surface area contributed by atoms with Gasteiger partial charge in [-0.05, 0) is 77.0 Å². The lowest BCUT2D eigenvalue weighted by atomic mass is 9.86. The van der Waals surface area contributed by atoms with E-state index in [1.807, 2.05) is 11.3 Å². The van der Waals surface area contributed by atoms with Gasteiger partial charge in [-0.2, -0.15) is 0 Å². The van der Waals surface area contributed by atoms with Crippen LogP contribution < -0.4 is 0 Å².